The van der Waals surface area contributed by atoms with Gasteiger partial charge >= 0.3 is 5.97 Å². The molecule has 0 radical (unpaired) electrons. The van der Waals surface area contributed by atoms with Crippen molar-refractivity contribution in [1.29, 1.82) is 0 Å². The van der Waals surface area contributed by atoms with Gasteiger partial charge in [0.25, 0.3) is 5.91 Å². The summed E-state index contributed by atoms with van der Waals surface area (Å²) in [5.41, 5.74) is 3.65. The number of hydrogen-bond donors (Lipinski definition) is 2. The van der Waals surface area contributed by atoms with Gasteiger partial charge in [-0.15, -0.1) is 0 Å². The van der Waals surface area contributed by atoms with E-state index in [2.05, 4.69) is 20.7 Å². The van der Waals surface area contributed by atoms with Crippen LogP contribution < -0.4 is 10.6 Å². The maximum absolute atomic E-state index is 13.6. The summed E-state index contributed by atoms with van der Waals surface area (Å²) in [5, 5.41) is 9.94. The highest BCUT2D eigenvalue weighted by Crippen LogP contribution is 2.14. The summed E-state index contributed by atoms with van der Waals surface area (Å²) in [6.07, 6.45) is 0.569. The number of benzene rings is 2. The molecule has 0 fully saturated rings. The number of hydrogen-bond acceptors (Lipinski definition) is 5. The first-order chi connectivity index (χ1) is 16.2. The Morgan fingerprint density at radius 1 is 1.09 bits per heavy atom. The van der Waals surface area contributed by atoms with E-state index in [1.807, 2.05) is 20.9 Å². The Balaban J connectivity index is 1.84. The number of esters is 1. The van der Waals surface area contributed by atoms with Gasteiger partial charge in [0, 0.05) is 30.5 Å². The summed E-state index contributed by atoms with van der Waals surface area (Å²) >= 11 is 0. The average molecular weight is 469 g/mol. The molecule has 0 aliphatic heterocycles. The highest BCUT2D eigenvalue weighted by Gasteiger charge is 2.14. The molecule has 0 saturated carbocycles. The molecule has 0 bridgehead atoms. The van der Waals surface area contributed by atoms with Crippen LogP contribution in [0.2, 0.25) is 0 Å². The number of nitrogens with one attached hydrogen (secondary N) is 2. The lowest BCUT2D eigenvalue weighted by Gasteiger charge is -2.13. The SMILES string of the molecule is COC(=O)c1cccc(NC(=NCCc2c(C)nn(C)c2C)NC(=O)c2ccc(F)c(F)c2)c1. The number of nitrogens with zero attached hydrogens (tertiary/aromatic N) is 3. The number of amides is 1. The fourth-order valence-electron chi connectivity index (χ4n) is 3.36. The Morgan fingerprint density at radius 3 is 2.50 bits per heavy atom. The normalized spacial score (nSPS) is 11.3. The molecule has 3 aromatic rings. The van der Waals surface area contributed by atoms with Gasteiger partial charge in [-0.3, -0.25) is 19.8 Å². The number of aliphatic imine (C=N–C) groups is 1. The fraction of sp³-hybridized carbons (Fsp3) is 0.250. The van der Waals surface area contributed by atoms with Crippen LogP contribution in [0.15, 0.2) is 47.5 Å². The highest BCUT2D eigenvalue weighted by atomic mass is 19.2. The number of aryl methyl sites for hydroxylation is 2. The minimum atomic E-state index is -1.13. The minimum Gasteiger partial charge on any atom is -0.465 e. The Morgan fingerprint density at radius 2 is 1.85 bits per heavy atom. The predicted molar refractivity (Wildman–Crippen MR) is 124 cm³/mol. The van der Waals surface area contributed by atoms with Gasteiger partial charge in [-0.2, -0.15) is 5.10 Å². The van der Waals surface area contributed by atoms with Crippen molar-refractivity contribution in [2.24, 2.45) is 12.0 Å². The van der Waals surface area contributed by atoms with Crippen LogP contribution in [-0.4, -0.2) is 41.3 Å². The zero-order chi connectivity index (χ0) is 24.8. The van der Waals surface area contributed by atoms with Crippen molar-refractivity contribution in [3.63, 3.8) is 0 Å². The summed E-state index contributed by atoms with van der Waals surface area (Å²) in [6.45, 7) is 4.18. The Kier molecular flexibility index (Phi) is 7.72. The molecule has 0 atom stereocenters. The quantitative estimate of drug-likeness (QED) is 0.327. The number of methoxy groups -OCH3 is 1. The van der Waals surface area contributed by atoms with Crippen molar-refractivity contribution in [2.75, 3.05) is 19.0 Å². The molecule has 0 aliphatic carbocycles. The van der Waals surface area contributed by atoms with Crippen LogP contribution in [0.25, 0.3) is 0 Å². The lowest BCUT2D eigenvalue weighted by molar-refractivity contribution is 0.0600. The van der Waals surface area contributed by atoms with Crippen LogP contribution in [-0.2, 0) is 18.2 Å². The lowest BCUT2D eigenvalue weighted by Crippen LogP contribution is -2.36. The molecule has 1 heterocycles. The maximum Gasteiger partial charge on any atom is 0.337 e. The third kappa shape index (κ3) is 5.83. The third-order valence-electron chi connectivity index (χ3n) is 5.25. The zero-order valence-corrected chi connectivity index (χ0v) is 19.3. The van der Waals surface area contributed by atoms with Gasteiger partial charge in [0.05, 0.1) is 18.4 Å². The Hall–Kier alpha value is -4.08. The van der Waals surface area contributed by atoms with Crippen LogP contribution in [0, 0.1) is 25.5 Å². The summed E-state index contributed by atoms with van der Waals surface area (Å²) in [5.74, 6) is -3.30. The smallest absolute Gasteiger partial charge is 0.337 e. The van der Waals surface area contributed by atoms with Crippen molar-refractivity contribution in [3.8, 4) is 0 Å². The van der Waals surface area contributed by atoms with E-state index in [9.17, 15) is 18.4 Å². The van der Waals surface area contributed by atoms with E-state index in [-0.39, 0.29) is 11.5 Å². The summed E-state index contributed by atoms with van der Waals surface area (Å²) in [7, 11) is 3.14. The van der Waals surface area contributed by atoms with Crippen LogP contribution in [0.3, 0.4) is 0 Å². The van der Waals surface area contributed by atoms with E-state index in [0.29, 0.717) is 24.2 Å². The molecule has 2 N–H and O–H groups in total. The molecule has 0 saturated heterocycles. The van der Waals surface area contributed by atoms with Gasteiger partial charge in [0.1, 0.15) is 0 Å². The summed E-state index contributed by atoms with van der Waals surface area (Å²) < 4.78 is 33.4. The number of halogens is 2. The van der Waals surface area contributed by atoms with Crippen molar-refractivity contribution in [3.05, 3.63) is 82.2 Å². The Labute approximate surface area is 195 Å². The topological polar surface area (TPSA) is 97.6 Å². The van der Waals surface area contributed by atoms with Crippen LogP contribution in [0.5, 0.6) is 0 Å². The standard InChI is InChI=1S/C24H25F2N5O3/c1-14-19(15(2)31(3)30-14)10-11-27-24(28-18-7-5-6-17(12-18)23(33)34-4)29-22(32)16-8-9-20(25)21(26)13-16/h5-9,12-13H,10-11H2,1-4H3,(H2,27,28,29,32). The fourth-order valence-corrected chi connectivity index (χ4v) is 3.36. The van der Waals surface area contributed by atoms with Gasteiger partial charge in [-0.1, -0.05) is 6.07 Å². The van der Waals surface area contributed by atoms with Crippen molar-refractivity contribution >= 4 is 23.5 Å². The molecule has 2 aromatic carbocycles. The molecular formula is C24H25F2N5O3. The largest absolute Gasteiger partial charge is 0.465 e. The van der Waals surface area contributed by atoms with E-state index in [1.165, 1.54) is 13.2 Å². The molecule has 1 amide bonds. The number of anilines is 1. The van der Waals surface area contributed by atoms with Crippen LogP contribution >= 0.6 is 0 Å². The number of rotatable bonds is 6. The molecule has 3 rings (SSSR count). The second kappa shape index (κ2) is 10.7. The van der Waals surface area contributed by atoms with E-state index < -0.39 is 23.5 Å². The zero-order valence-electron chi connectivity index (χ0n) is 19.3. The molecule has 0 aliphatic rings. The number of guanidine groups is 1. The number of ether oxygens (including phenoxy) is 1. The molecule has 34 heavy (non-hydrogen) atoms. The van der Waals surface area contributed by atoms with E-state index in [4.69, 9.17) is 4.74 Å². The van der Waals surface area contributed by atoms with E-state index in [1.54, 1.807) is 28.9 Å². The van der Waals surface area contributed by atoms with Gasteiger partial charge < -0.3 is 10.1 Å². The van der Waals surface area contributed by atoms with Gasteiger partial charge in [0.2, 0.25) is 5.96 Å². The number of aromatic nitrogens is 2. The third-order valence-corrected chi connectivity index (χ3v) is 5.25. The first kappa shape index (κ1) is 24.6. The highest BCUT2D eigenvalue weighted by molar-refractivity contribution is 6.10. The van der Waals surface area contributed by atoms with Crippen LogP contribution in [0.1, 0.15) is 37.7 Å². The second-order valence-corrected chi connectivity index (χ2v) is 7.53. The monoisotopic (exact) mass is 469 g/mol. The minimum absolute atomic E-state index is 0.0735. The molecular weight excluding hydrogens is 444 g/mol. The first-order valence-electron chi connectivity index (χ1n) is 10.4. The predicted octanol–water partition coefficient (Wildman–Crippen LogP) is 3.54. The molecule has 0 unspecified atom stereocenters. The number of carbonyl (C=O) groups excluding carboxylic acids is 2. The Bertz CT molecular complexity index is 1250. The van der Waals surface area contributed by atoms with Crippen molar-refractivity contribution in [2.45, 2.75) is 20.3 Å². The summed E-state index contributed by atoms with van der Waals surface area (Å²) in [4.78, 5) is 29.0. The van der Waals surface area contributed by atoms with Gasteiger partial charge in [-0.05, 0) is 62.2 Å². The molecule has 0 spiro atoms. The molecule has 10 heteroatoms. The molecule has 178 valence electrons. The van der Waals surface area contributed by atoms with E-state index >= 15 is 0 Å². The summed E-state index contributed by atoms with van der Waals surface area (Å²) in [6, 6.07) is 9.31. The first-order valence-corrected chi connectivity index (χ1v) is 10.4. The second-order valence-electron chi connectivity index (χ2n) is 7.53. The van der Waals surface area contributed by atoms with Crippen molar-refractivity contribution in [1.82, 2.24) is 15.1 Å². The van der Waals surface area contributed by atoms with Gasteiger partial charge in [-0.25, -0.2) is 13.6 Å². The van der Waals surface area contributed by atoms with Crippen molar-refractivity contribution < 1.29 is 23.1 Å². The molecule has 8 nitrogen and oxygen atoms in total. The lowest BCUT2D eigenvalue weighted by atomic mass is 10.1. The molecule has 1 aromatic heterocycles. The number of carbonyl (C=O) groups is 2. The van der Waals surface area contributed by atoms with Crippen LogP contribution in [0.4, 0.5) is 14.5 Å². The average Bonchev–Trinajstić information content (AvgIpc) is 3.06. The van der Waals surface area contributed by atoms with E-state index in [0.717, 1.165) is 29.1 Å². The maximum atomic E-state index is 13.6. The van der Waals surface area contributed by atoms with Gasteiger partial charge in [0.15, 0.2) is 11.6 Å².